The Hall–Kier alpha value is -0.140. The lowest BCUT2D eigenvalue weighted by Gasteiger charge is -1.84. The van der Waals surface area contributed by atoms with Crippen molar-refractivity contribution in [3.8, 4) is 0 Å². The molecular weight excluding hydrogens is 156 g/mol. The Morgan fingerprint density at radius 1 is 1.38 bits per heavy atom. The molecule has 0 amide bonds. The van der Waals surface area contributed by atoms with Crippen molar-refractivity contribution in [3.63, 3.8) is 0 Å². The molecule has 0 atom stereocenters. The first kappa shape index (κ1) is 7.86. The van der Waals surface area contributed by atoms with E-state index in [4.69, 9.17) is 0 Å². The Kier molecular flexibility index (Phi) is 2.38. The highest BCUT2D eigenvalue weighted by molar-refractivity contribution is 7.92. The van der Waals surface area contributed by atoms with Gasteiger partial charge in [0.1, 0.15) is 0 Å². The summed E-state index contributed by atoms with van der Waals surface area (Å²) < 4.78 is 41.9. The van der Waals surface area contributed by atoms with Crippen LogP contribution in [0.1, 0.15) is 0 Å². The van der Waals surface area contributed by atoms with Gasteiger partial charge in [-0.2, -0.15) is 8.42 Å². The first-order valence-electron chi connectivity index (χ1n) is 1.46. The van der Waals surface area contributed by atoms with E-state index in [1.54, 1.807) is 0 Å². The molecule has 0 saturated heterocycles. The van der Waals surface area contributed by atoms with Gasteiger partial charge in [0.15, 0.2) is 0 Å². The second kappa shape index (κ2) is 2.42. The molecule has 0 saturated carbocycles. The van der Waals surface area contributed by atoms with Crippen LogP contribution in [0.3, 0.4) is 0 Å². The van der Waals surface area contributed by atoms with Gasteiger partial charge in [-0.3, -0.25) is 0 Å². The predicted octanol–water partition coefficient (Wildman–Crippen LogP) is -1.51. The lowest BCUT2D eigenvalue weighted by Crippen LogP contribution is -1.99. The van der Waals surface area contributed by atoms with Crippen LogP contribution in [-0.4, -0.2) is 23.1 Å². The summed E-state index contributed by atoms with van der Waals surface area (Å²) in [6, 6.07) is 0. The highest BCUT2D eigenvalue weighted by Crippen LogP contribution is 1.82. The smallest absolute Gasteiger partial charge is 0.201 e. The maximum atomic E-state index is 9.84. The van der Waals surface area contributed by atoms with Crippen molar-refractivity contribution in [3.05, 3.63) is 0 Å². The Labute approximate surface area is 48.6 Å². The third-order valence-corrected chi connectivity index (χ3v) is 1.77. The van der Waals surface area contributed by atoms with Crippen LogP contribution in [0.25, 0.3) is 0 Å². The third kappa shape index (κ3) is 5.86. The van der Waals surface area contributed by atoms with Crippen molar-refractivity contribution < 1.29 is 20.5 Å². The molecule has 50 valence electrons. The standard InChI is InChI=1S/CH4O5S2/c1-8(4,5)6-7(2)3/h7H,1H3. The Morgan fingerprint density at radius 2 is 1.75 bits per heavy atom. The van der Waals surface area contributed by atoms with E-state index in [1.165, 1.54) is 0 Å². The molecule has 0 spiro atoms. The van der Waals surface area contributed by atoms with Crippen LogP contribution in [0, 0.1) is 0 Å². The molecule has 0 aliphatic carbocycles. The zero-order chi connectivity index (χ0) is 6.78. The van der Waals surface area contributed by atoms with Crippen molar-refractivity contribution in [1.29, 1.82) is 0 Å². The number of hydrogen-bond donors (Lipinski definition) is 1. The molecular formula is CH4O5S2. The van der Waals surface area contributed by atoms with Crippen LogP contribution in [0.4, 0.5) is 0 Å². The maximum Gasteiger partial charge on any atom is 0.278 e. The summed E-state index contributed by atoms with van der Waals surface area (Å²) >= 11 is 0. The van der Waals surface area contributed by atoms with Crippen LogP contribution in [0.5, 0.6) is 0 Å². The molecule has 8 heavy (non-hydrogen) atoms. The molecule has 0 radical (unpaired) electrons. The molecule has 0 N–H and O–H groups in total. The van der Waals surface area contributed by atoms with Gasteiger partial charge in [-0.15, -0.1) is 3.63 Å². The topological polar surface area (TPSA) is 77.5 Å². The first-order valence-corrected chi connectivity index (χ1v) is 4.37. The van der Waals surface area contributed by atoms with Crippen molar-refractivity contribution in [2.75, 3.05) is 6.26 Å². The zero-order valence-corrected chi connectivity index (χ0v) is 5.61. The lowest BCUT2D eigenvalue weighted by atomic mass is 12.0. The van der Waals surface area contributed by atoms with Crippen molar-refractivity contribution in [2.24, 2.45) is 0 Å². The Morgan fingerprint density at radius 3 is 1.75 bits per heavy atom. The quantitative estimate of drug-likeness (QED) is 0.497. The molecule has 5 nitrogen and oxygen atoms in total. The highest BCUT2D eigenvalue weighted by Gasteiger charge is 2.00. The average Bonchev–Trinajstić information content (AvgIpc) is 1.21. The first-order chi connectivity index (χ1) is 3.42. The summed E-state index contributed by atoms with van der Waals surface area (Å²) in [4.78, 5) is 0. The molecule has 0 aromatic carbocycles. The van der Waals surface area contributed by atoms with Gasteiger partial charge in [-0.1, -0.05) is 0 Å². The van der Waals surface area contributed by atoms with Gasteiger partial charge in [-0.05, 0) is 0 Å². The van der Waals surface area contributed by atoms with Gasteiger partial charge in [0.25, 0.3) is 21.1 Å². The minimum Gasteiger partial charge on any atom is -0.201 e. The van der Waals surface area contributed by atoms with Crippen molar-refractivity contribution in [2.45, 2.75) is 0 Å². The van der Waals surface area contributed by atoms with Gasteiger partial charge in [0.05, 0.1) is 6.26 Å². The van der Waals surface area contributed by atoms with Gasteiger partial charge in [0.2, 0.25) is 0 Å². The van der Waals surface area contributed by atoms with Crippen LogP contribution in [0.2, 0.25) is 0 Å². The maximum absolute atomic E-state index is 9.84. The van der Waals surface area contributed by atoms with Gasteiger partial charge in [-0.25, -0.2) is 8.42 Å². The van der Waals surface area contributed by atoms with Crippen molar-refractivity contribution >= 4 is 21.1 Å². The summed E-state index contributed by atoms with van der Waals surface area (Å²) in [6.45, 7) is 0. The average molecular weight is 160 g/mol. The second-order valence-electron chi connectivity index (χ2n) is 1.00. The molecule has 0 aliphatic rings. The fourth-order valence-corrected chi connectivity index (χ4v) is 0.995. The molecule has 0 aromatic heterocycles. The second-order valence-corrected chi connectivity index (χ2v) is 3.45. The van der Waals surface area contributed by atoms with Crippen LogP contribution in [0.15, 0.2) is 0 Å². The molecule has 0 aromatic rings. The van der Waals surface area contributed by atoms with Crippen molar-refractivity contribution in [1.82, 2.24) is 0 Å². The van der Waals surface area contributed by atoms with E-state index >= 15 is 0 Å². The van der Waals surface area contributed by atoms with E-state index < -0.39 is 21.1 Å². The van der Waals surface area contributed by atoms with E-state index in [0.29, 0.717) is 6.26 Å². The normalized spacial score (nSPS) is 12.2. The molecule has 0 unspecified atom stereocenters. The van der Waals surface area contributed by atoms with Gasteiger partial charge in [0, 0.05) is 0 Å². The van der Waals surface area contributed by atoms with E-state index in [9.17, 15) is 16.8 Å². The predicted molar refractivity (Wildman–Crippen MR) is 26.2 cm³/mol. The fraction of sp³-hybridized carbons (Fsp3) is 1.00. The van der Waals surface area contributed by atoms with Crippen LogP contribution in [-0.2, 0) is 24.7 Å². The molecule has 0 heterocycles. The Bertz CT molecular complexity index is 211. The van der Waals surface area contributed by atoms with E-state index in [-0.39, 0.29) is 0 Å². The zero-order valence-electron chi connectivity index (χ0n) is 3.90. The summed E-state index contributed by atoms with van der Waals surface area (Å²) in [6.07, 6.45) is 0.651. The van der Waals surface area contributed by atoms with Gasteiger partial charge >= 0.3 is 0 Å². The largest absolute Gasteiger partial charge is 0.278 e. The summed E-state index contributed by atoms with van der Waals surface area (Å²) in [5.74, 6) is 0. The van der Waals surface area contributed by atoms with E-state index in [1.807, 2.05) is 0 Å². The third-order valence-electron chi connectivity index (χ3n) is 0.196. The minimum absolute atomic E-state index is 0.651. The summed E-state index contributed by atoms with van der Waals surface area (Å²) in [5, 5.41) is 0. The van der Waals surface area contributed by atoms with Crippen LogP contribution >= 0.6 is 0 Å². The number of thiol groups is 1. The minimum atomic E-state index is -3.82. The Balaban J connectivity index is 4.16. The fourth-order valence-electron chi connectivity index (χ4n) is 0.111. The SMILES string of the molecule is CS(=O)(=O)O[SH](=O)=O. The van der Waals surface area contributed by atoms with Crippen LogP contribution < -0.4 is 0 Å². The number of hydrogen-bond acceptors (Lipinski definition) is 5. The van der Waals surface area contributed by atoms with E-state index in [0.717, 1.165) is 0 Å². The number of rotatable bonds is 2. The monoisotopic (exact) mass is 160 g/mol. The van der Waals surface area contributed by atoms with Gasteiger partial charge < -0.3 is 0 Å². The molecule has 0 aliphatic heterocycles. The molecule has 7 heteroatoms. The molecule has 0 fully saturated rings. The molecule has 0 rings (SSSR count). The lowest BCUT2D eigenvalue weighted by molar-refractivity contribution is 0.482. The highest BCUT2D eigenvalue weighted by atomic mass is 32.3. The summed E-state index contributed by atoms with van der Waals surface area (Å²) in [7, 11) is -7.10. The molecule has 0 bridgehead atoms. The van der Waals surface area contributed by atoms with E-state index in [2.05, 4.69) is 3.63 Å². The summed E-state index contributed by atoms with van der Waals surface area (Å²) in [5.41, 5.74) is 0.